The SMILES string of the molecule is CC(C)(C)OC(=O)N(Cc1cc(-c2cnc(C(F)(F)F)nc2)ncc1OC(F)(F)F)C(=O)O. The zero-order chi connectivity index (χ0) is 25.2. The summed E-state index contributed by atoms with van der Waals surface area (Å²) in [5.41, 5.74) is -1.92. The summed E-state index contributed by atoms with van der Waals surface area (Å²) in [6, 6.07) is 0.896. The topological polar surface area (TPSA) is 115 Å². The minimum Gasteiger partial charge on any atom is -0.465 e. The van der Waals surface area contributed by atoms with Gasteiger partial charge in [0, 0.05) is 23.5 Å². The Kier molecular flexibility index (Phi) is 7.04. The Hall–Kier alpha value is -3.65. The van der Waals surface area contributed by atoms with Crippen LogP contribution in [0, 0.1) is 0 Å². The van der Waals surface area contributed by atoms with Crippen molar-refractivity contribution in [3.05, 3.63) is 36.0 Å². The van der Waals surface area contributed by atoms with E-state index in [9.17, 15) is 41.0 Å². The largest absolute Gasteiger partial charge is 0.573 e. The summed E-state index contributed by atoms with van der Waals surface area (Å²) in [7, 11) is 0. The molecule has 2 rings (SSSR count). The van der Waals surface area contributed by atoms with Crippen LogP contribution in [0.1, 0.15) is 32.2 Å². The van der Waals surface area contributed by atoms with E-state index in [1.165, 1.54) is 20.8 Å². The summed E-state index contributed by atoms with van der Waals surface area (Å²) in [4.78, 5) is 33.8. The van der Waals surface area contributed by atoms with Crippen LogP contribution in [0.25, 0.3) is 11.3 Å². The molecule has 0 spiro atoms. The molecule has 0 aromatic carbocycles. The average Bonchev–Trinajstić information content (AvgIpc) is 2.63. The number of pyridine rings is 1. The van der Waals surface area contributed by atoms with Gasteiger partial charge in [0.15, 0.2) is 5.75 Å². The molecular weight excluding hydrogens is 466 g/mol. The molecule has 0 aliphatic carbocycles. The van der Waals surface area contributed by atoms with E-state index in [2.05, 4.69) is 19.7 Å². The number of nitrogens with zero attached hydrogens (tertiary/aromatic N) is 4. The first-order chi connectivity index (χ1) is 15.0. The van der Waals surface area contributed by atoms with Crippen molar-refractivity contribution in [2.45, 2.75) is 45.5 Å². The summed E-state index contributed by atoms with van der Waals surface area (Å²) in [6.45, 7) is 3.38. The lowest BCUT2D eigenvalue weighted by Crippen LogP contribution is -2.39. The van der Waals surface area contributed by atoms with Crippen LogP contribution in [-0.2, 0) is 17.5 Å². The number of carboxylic acid groups (broad SMARTS) is 1. The molecule has 180 valence electrons. The third-order valence-corrected chi connectivity index (χ3v) is 3.55. The van der Waals surface area contributed by atoms with E-state index in [1.54, 1.807) is 0 Å². The first-order valence-corrected chi connectivity index (χ1v) is 8.84. The second kappa shape index (κ2) is 9.07. The summed E-state index contributed by atoms with van der Waals surface area (Å²) in [5, 5.41) is 9.34. The summed E-state index contributed by atoms with van der Waals surface area (Å²) < 4.78 is 85.0. The van der Waals surface area contributed by atoms with Crippen molar-refractivity contribution in [3.8, 4) is 17.0 Å². The molecule has 2 amide bonds. The van der Waals surface area contributed by atoms with E-state index in [1.807, 2.05) is 0 Å². The van der Waals surface area contributed by atoms with Crippen LogP contribution in [0.3, 0.4) is 0 Å². The Balaban J connectivity index is 2.48. The number of alkyl halides is 6. The fourth-order valence-electron chi connectivity index (χ4n) is 2.29. The van der Waals surface area contributed by atoms with E-state index >= 15 is 0 Å². The van der Waals surface area contributed by atoms with Gasteiger partial charge in [-0.05, 0) is 26.8 Å². The van der Waals surface area contributed by atoms with Gasteiger partial charge in [-0.15, -0.1) is 13.2 Å². The summed E-state index contributed by atoms with van der Waals surface area (Å²) in [6.07, 6.45) is -11.2. The predicted molar refractivity (Wildman–Crippen MR) is 96.7 cm³/mol. The van der Waals surface area contributed by atoms with Gasteiger partial charge < -0.3 is 14.6 Å². The fraction of sp³-hybridized carbons (Fsp3) is 0.389. The highest BCUT2D eigenvalue weighted by molar-refractivity contribution is 5.87. The smallest absolute Gasteiger partial charge is 0.465 e. The van der Waals surface area contributed by atoms with E-state index in [0.717, 1.165) is 18.5 Å². The maximum Gasteiger partial charge on any atom is 0.573 e. The quantitative estimate of drug-likeness (QED) is 0.614. The van der Waals surface area contributed by atoms with Crippen molar-refractivity contribution in [2.24, 2.45) is 0 Å². The van der Waals surface area contributed by atoms with Gasteiger partial charge in [0.2, 0.25) is 5.82 Å². The van der Waals surface area contributed by atoms with Crippen LogP contribution in [-0.4, -0.2) is 49.1 Å². The van der Waals surface area contributed by atoms with Gasteiger partial charge >= 0.3 is 24.7 Å². The number of carbonyl (C=O) groups is 2. The van der Waals surface area contributed by atoms with Gasteiger partial charge in [-0.2, -0.15) is 13.2 Å². The van der Waals surface area contributed by atoms with Gasteiger partial charge in [0.1, 0.15) is 5.60 Å². The highest BCUT2D eigenvalue weighted by atomic mass is 19.4. The summed E-state index contributed by atoms with van der Waals surface area (Å²) in [5.74, 6) is -2.39. The number of rotatable bonds is 4. The lowest BCUT2D eigenvalue weighted by molar-refractivity contribution is -0.275. The van der Waals surface area contributed by atoms with E-state index in [4.69, 9.17) is 4.74 Å². The number of hydrogen-bond donors (Lipinski definition) is 1. The van der Waals surface area contributed by atoms with Crippen LogP contribution in [0.4, 0.5) is 35.9 Å². The Bertz CT molecular complexity index is 1020. The van der Waals surface area contributed by atoms with E-state index in [-0.39, 0.29) is 16.2 Å². The molecular formula is C18H16F6N4O5. The van der Waals surface area contributed by atoms with Crippen LogP contribution in [0.15, 0.2) is 24.7 Å². The van der Waals surface area contributed by atoms with Crippen molar-refractivity contribution >= 4 is 12.2 Å². The molecule has 0 saturated heterocycles. The van der Waals surface area contributed by atoms with Crippen LogP contribution < -0.4 is 4.74 Å². The number of hydrogen-bond acceptors (Lipinski definition) is 7. The van der Waals surface area contributed by atoms with Crippen molar-refractivity contribution in [2.75, 3.05) is 0 Å². The number of halogens is 6. The number of ether oxygens (including phenoxy) is 2. The van der Waals surface area contributed by atoms with Gasteiger partial charge in [-0.3, -0.25) is 4.98 Å². The molecule has 2 heterocycles. The van der Waals surface area contributed by atoms with Gasteiger partial charge in [-0.1, -0.05) is 0 Å². The number of carbonyl (C=O) groups excluding carboxylic acids is 1. The van der Waals surface area contributed by atoms with Crippen LogP contribution >= 0.6 is 0 Å². The monoisotopic (exact) mass is 482 g/mol. The molecule has 2 aromatic heterocycles. The standard InChI is InChI=1S/C18H16F6N4O5/c1-16(2,3)33-15(31)28(14(29)30)8-9-4-11(25-7-12(9)32-18(22,23)24)10-5-26-13(27-6-10)17(19,20)21/h4-7H,8H2,1-3H3,(H,29,30). The molecule has 0 aliphatic heterocycles. The second-order valence-corrected chi connectivity index (χ2v) is 7.37. The number of imide groups is 1. The van der Waals surface area contributed by atoms with Gasteiger partial charge in [0.25, 0.3) is 0 Å². The minimum absolute atomic E-state index is 0.0941. The lowest BCUT2D eigenvalue weighted by atomic mass is 10.1. The van der Waals surface area contributed by atoms with Crippen molar-refractivity contribution < 1.29 is 50.5 Å². The molecule has 0 unspecified atom stereocenters. The third-order valence-electron chi connectivity index (χ3n) is 3.55. The Labute approximate surface area is 182 Å². The molecule has 9 nitrogen and oxygen atoms in total. The average molecular weight is 482 g/mol. The van der Waals surface area contributed by atoms with Gasteiger partial charge in [0.05, 0.1) is 18.4 Å². The van der Waals surface area contributed by atoms with E-state index < -0.39 is 54.0 Å². The van der Waals surface area contributed by atoms with Crippen molar-refractivity contribution in [1.82, 2.24) is 19.9 Å². The molecule has 0 saturated carbocycles. The second-order valence-electron chi connectivity index (χ2n) is 7.37. The molecule has 0 radical (unpaired) electrons. The van der Waals surface area contributed by atoms with Crippen molar-refractivity contribution in [3.63, 3.8) is 0 Å². The van der Waals surface area contributed by atoms with Crippen molar-refractivity contribution in [1.29, 1.82) is 0 Å². The highest BCUT2D eigenvalue weighted by Gasteiger charge is 2.35. The van der Waals surface area contributed by atoms with Crippen LogP contribution in [0.5, 0.6) is 5.75 Å². The maximum atomic E-state index is 12.8. The molecule has 0 atom stereocenters. The Morgan fingerprint density at radius 1 is 1.00 bits per heavy atom. The molecule has 2 aromatic rings. The first kappa shape index (κ1) is 25.6. The third kappa shape index (κ3) is 7.47. The molecule has 1 N–H and O–H groups in total. The van der Waals surface area contributed by atoms with Crippen LogP contribution in [0.2, 0.25) is 0 Å². The lowest BCUT2D eigenvalue weighted by Gasteiger charge is -2.25. The summed E-state index contributed by atoms with van der Waals surface area (Å²) >= 11 is 0. The predicted octanol–water partition coefficient (Wildman–Crippen LogP) is 4.87. The first-order valence-electron chi connectivity index (χ1n) is 8.84. The zero-order valence-corrected chi connectivity index (χ0v) is 17.2. The molecule has 0 bridgehead atoms. The molecule has 15 heteroatoms. The number of amides is 2. The van der Waals surface area contributed by atoms with Gasteiger partial charge in [-0.25, -0.2) is 24.5 Å². The fourth-order valence-corrected chi connectivity index (χ4v) is 2.29. The molecule has 0 aliphatic rings. The zero-order valence-electron chi connectivity index (χ0n) is 17.2. The Morgan fingerprint density at radius 2 is 1.58 bits per heavy atom. The Morgan fingerprint density at radius 3 is 2.03 bits per heavy atom. The molecule has 33 heavy (non-hydrogen) atoms. The minimum atomic E-state index is -5.19. The number of aromatic nitrogens is 3. The maximum absolute atomic E-state index is 12.8. The highest BCUT2D eigenvalue weighted by Crippen LogP contribution is 2.31. The molecule has 0 fully saturated rings. The normalized spacial score (nSPS) is 12.3. The van der Waals surface area contributed by atoms with E-state index in [0.29, 0.717) is 6.20 Å².